The van der Waals surface area contributed by atoms with E-state index in [0.717, 1.165) is 5.56 Å². The Kier molecular flexibility index (Phi) is 6.96. The second kappa shape index (κ2) is 9.99. The van der Waals surface area contributed by atoms with Gasteiger partial charge in [-0.2, -0.15) is 31.0 Å². The zero-order valence-electron chi connectivity index (χ0n) is 19.0. The minimum absolute atomic E-state index is 0.0422. The average molecular weight is 520 g/mol. The molecular formula is C24H18F6N6O. The maximum Gasteiger partial charge on any atom is 0.416 e. The minimum atomic E-state index is -5.08. The Morgan fingerprint density at radius 3 is 2.08 bits per heavy atom. The highest BCUT2D eigenvalue weighted by Gasteiger charge is 2.37. The number of carbonyl (C=O) groups is 1. The van der Waals surface area contributed by atoms with Crippen molar-refractivity contribution in [1.82, 2.24) is 30.0 Å². The largest absolute Gasteiger partial charge is 0.416 e. The van der Waals surface area contributed by atoms with Crippen LogP contribution in [0, 0.1) is 0 Å². The monoisotopic (exact) mass is 520 g/mol. The van der Waals surface area contributed by atoms with Crippen LogP contribution < -0.4 is 5.32 Å². The lowest BCUT2D eigenvalue weighted by atomic mass is 10.0. The maximum absolute atomic E-state index is 13.2. The van der Waals surface area contributed by atoms with Crippen molar-refractivity contribution in [2.45, 2.75) is 31.7 Å². The summed E-state index contributed by atoms with van der Waals surface area (Å²) in [5, 5.41) is 6.81. The van der Waals surface area contributed by atoms with E-state index in [1.165, 1.54) is 24.0 Å². The molecule has 2 aromatic heterocycles. The van der Waals surface area contributed by atoms with Gasteiger partial charge in [0.05, 0.1) is 17.2 Å². The van der Waals surface area contributed by atoms with E-state index in [1.54, 1.807) is 6.07 Å². The van der Waals surface area contributed by atoms with Crippen molar-refractivity contribution in [2.75, 3.05) is 0 Å². The van der Waals surface area contributed by atoms with Gasteiger partial charge in [0.2, 0.25) is 0 Å². The van der Waals surface area contributed by atoms with Crippen LogP contribution in [0.5, 0.6) is 0 Å². The van der Waals surface area contributed by atoms with Gasteiger partial charge in [-0.1, -0.05) is 30.3 Å². The SMILES string of the molecule is CC(NC(=O)c1cc(C(F)(F)F)cc(C(F)(F)F)c1)c1nc(Cc2ccccc2)nn1-c1ncccn1. The fourth-order valence-electron chi connectivity index (χ4n) is 3.48. The molecule has 13 heteroatoms. The Labute approximate surface area is 206 Å². The topological polar surface area (TPSA) is 85.6 Å². The number of aromatic nitrogens is 5. The predicted octanol–water partition coefficient (Wildman–Crippen LogP) is 5.18. The standard InChI is InChI=1S/C24H18F6N6O/c1-14(33-21(37)16-11-17(23(25,26)27)13-18(12-16)24(28,29)30)20-34-19(10-15-6-3-2-4-7-15)35-36(20)22-31-8-5-9-32-22/h2-9,11-14H,10H2,1H3,(H,33,37). The summed E-state index contributed by atoms with van der Waals surface area (Å²) >= 11 is 0. The van der Waals surface area contributed by atoms with Crippen LogP contribution in [0.3, 0.4) is 0 Å². The zero-order chi connectivity index (χ0) is 26.8. The van der Waals surface area contributed by atoms with Crippen molar-refractivity contribution in [1.29, 1.82) is 0 Å². The Morgan fingerprint density at radius 2 is 1.51 bits per heavy atom. The summed E-state index contributed by atoms with van der Waals surface area (Å²) in [6.07, 6.45) is -6.94. The highest BCUT2D eigenvalue weighted by atomic mass is 19.4. The molecule has 0 aliphatic carbocycles. The van der Waals surface area contributed by atoms with Crippen molar-refractivity contribution in [3.63, 3.8) is 0 Å². The second-order valence-corrected chi connectivity index (χ2v) is 8.00. The molecule has 0 fully saturated rings. The predicted molar refractivity (Wildman–Crippen MR) is 119 cm³/mol. The molecule has 1 atom stereocenters. The van der Waals surface area contributed by atoms with E-state index in [4.69, 9.17) is 0 Å². The third-order valence-corrected chi connectivity index (χ3v) is 5.21. The summed E-state index contributed by atoms with van der Waals surface area (Å²) in [6, 6.07) is 10.5. The van der Waals surface area contributed by atoms with Gasteiger partial charge in [0.25, 0.3) is 11.9 Å². The smallest absolute Gasteiger partial charge is 0.342 e. The minimum Gasteiger partial charge on any atom is -0.342 e. The van der Waals surface area contributed by atoms with E-state index in [1.807, 2.05) is 30.3 Å². The number of alkyl halides is 6. The fraction of sp³-hybridized carbons (Fsp3) is 0.208. The fourth-order valence-corrected chi connectivity index (χ4v) is 3.48. The van der Waals surface area contributed by atoms with Crippen LogP contribution in [0.4, 0.5) is 26.3 Å². The van der Waals surface area contributed by atoms with Crippen molar-refractivity contribution in [3.05, 3.63) is 101 Å². The van der Waals surface area contributed by atoms with E-state index >= 15 is 0 Å². The lowest BCUT2D eigenvalue weighted by Gasteiger charge is -2.16. The summed E-state index contributed by atoms with van der Waals surface area (Å²) in [7, 11) is 0. The van der Waals surface area contributed by atoms with Crippen LogP contribution in [0.15, 0.2) is 67.0 Å². The Bertz CT molecular complexity index is 1350. The number of nitrogens with zero attached hydrogens (tertiary/aromatic N) is 5. The molecule has 7 nitrogen and oxygen atoms in total. The third-order valence-electron chi connectivity index (χ3n) is 5.21. The molecule has 0 bridgehead atoms. The normalized spacial score (nSPS) is 12.8. The number of hydrogen-bond donors (Lipinski definition) is 1. The van der Waals surface area contributed by atoms with Gasteiger partial charge in [0.1, 0.15) is 0 Å². The summed E-state index contributed by atoms with van der Waals surface area (Å²) < 4.78 is 80.5. The molecule has 0 aliphatic heterocycles. The highest BCUT2D eigenvalue weighted by molar-refractivity contribution is 5.94. The van der Waals surface area contributed by atoms with Crippen LogP contribution in [-0.2, 0) is 18.8 Å². The number of carbonyl (C=O) groups excluding carboxylic acids is 1. The van der Waals surface area contributed by atoms with Crippen molar-refractivity contribution < 1.29 is 31.1 Å². The Hall–Kier alpha value is -4.29. The van der Waals surface area contributed by atoms with Gasteiger partial charge in [-0.25, -0.2) is 15.0 Å². The molecule has 1 amide bonds. The van der Waals surface area contributed by atoms with Gasteiger partial charge in [-0.3, -0.25) is 4.79 Å². The summed E-state index contributed by atoms with van der Waals surface area (Å²) in [5.74, 6) is -0.567. The van der Waals surface area contributed by atoms with Crippen LogP contribution in [0.2, 0.25) is 0 Å². The number of amides is 1. The van der Waals surface area contributed by atoms with Crippen LogP contribution in [-0.4, -0.2) is 30.6 Å². The molecule has 0 radical (unpaired) electrons. The van der Waals surface area contributed by atoms with Crippen molar-refractivity contribution in [3.8, 4) is 5.95 Å². The molecule has 1 N–H and O–H groups in total. The highest BCUT2D eigenvalue weighted by Crippen LogP contribution is 2.36. The van der Waals surface area contributed by atoms with Crippen LogP contribution >= 0.6 is 0 Å². The first-order chi connectivity index (χ1) is 17.4. The zero-order valence-corrected chi connectivity index (χ0v) is 19.0. The van der Waals surface area contributed by atoms with E-state index < -0.39 is 41.0 Å². The molecule has 0 spiro atoms. The second-order valence-electron chi connectivity index (χ2n) is 8.00. The van der Waals surface area contributed by atoms with Crippen molar-refractivity contribution >= 4 is 5.91 Å². The lowest BCUT2D eigenvalue weighted by molar-refractivity contribution is -0.143. The first-order valence-electron chi connectivity index (χ1n) is 10.8. The molecule has 0 saturated carbocycles. The van der Waals surface area contributed by atoms with Gasteiger partial charge in [-0.05, 0) is 36.8 Å². The molecule has 37 heavy (non-hydrogen) atoms. The first kappa shape index (κ1) is 25.8. The van der Waals surface area contributed by atoms with E-state index in [0.29, 0.717) is 24.4 Å². The third kappa shape index (κ3) is 6.11. The number of hydrogen-bond acceptors (Lipinski definition) is 5. The van der Waals surface area contributed by atoms with Gasteiger partial charge >= 0.3 is 12.4 Å². The maximum atomic E-state index is 13.2. The summed E-state index contributed by atoms with van der Waals surface area (Å²) in [5.41, 5.74) is -3.10. The van der Waals surface area contributed by atoms with Crippen molar-refractivity contribution in [2.24, 2.45) is 0 Å². The van der Waals surface area contributed by atoms with Crippen LogP contribution in [0.25, 0.3) is 5.95 Å². The molecule has 4 rings (SSSR count). The van der Waals surface area contributed by atoms with E-state index in [9.17, 15) is 31.1 Å². The van der Waals surface area contributed by atoms with Gasteiger partial charge in [-0.15, -0.1) is 5.10 Å². The number of benzene rings is 2. The van der Waals surface area contributed by atoms with E-state index in [-0.39, 0.29) is 17.8 Å². The molecule has 192 valence electrons. The van der Waals surface area contributed by atoms with Crippen LogP contribution in [0.1, 0.15) is 51.7 Å². The summed E-state index contributed by atoms with van der Waals surface area (Å²) in [4.78, 5) is 25.5. The number of halogens is 6. The Balaban J connectivity index is 1.67. The molecule has 2 aromatic carbocycles. The number of nitrogens with one attached hydrogen (secondary N) is 1. The molecule has 0 aliphatic rings. The molecule has 0 saturated heterocycles. The van der Waals surface area contributed by atoms with Gasteiger partial charge in [0, 0.05) is 24.4 Å². The molecule has 4 aromatic rings. The van der Waals surface area contributed by atoms with E-state index in [2.05, 4.69) is 25.4 Å². The van der Waals surface area contributed by atoms with Gasteiger partial charge < -0.3 is 5.32 Å². The number of rotatable bonds is 6. The first-order valence-corrected chi connectivity index (χ1v) is 10.8. The molecular weight excluding hydrogens is 502 g/mol. The summed E-state index contributed by atoms with van der Waals surface area (Å²) in [6.45, 7) is 1.46. The Morgan fingerprint density at radius 1 is 0.919 bits per heavy atom. The lowest BCUT2D eigenvalue weighted by Crippen LogP contribution is -2.29. The average Bonchev–Trinajstić information content (AvgIpc) is 3.28. The quantitative estimate of drug-likeness (QED) is 0.355. The molecule has 2 heterocycles. The molecule has 1 unspecified atom stereocenters. The van der Waals surface area contributed by atoms with Gasteiger partial charge in [0.15, 0.2) is 11.6 Å².